The van der Waals surface area contributed by atoms with E-state index in [0.29, 0.717) is 23.9 Å². The number of nitrogens with two attached hydrogens (primary N) is 1. The summed E-state index contributed by atoms with van der Waals surface area (Å²) in [7, 11) is 0. The Labute approximate surface area is 223 Å². The van der Waals surface area contributed by atoms with E-state index in [1.165, 1.54) is 18.4 Å². The van der Waals surface area contributed by atoms with Crippen molar-refractivity contribution in [2.24, 2.45) is 11.8 Å². The third kappa shape index (κ3) is 14.1. The van der Waals surface area contributed by atoms with E-state index < -0.39 is 0 Å². The lowest BCUT2D eigenvalue weighted by atomic mass is 9.93. The number of halogens is 2. The van der Waals surface area contributed by atoms with Crippen LogP contribution in [0.5, 0.6) is 0 Å². The Bertz CT molecular complexity index is 851. The van der Waals surface area contributed by atoms with E-state index in [1.807, 2.05) is 60.7 Å². The predicted octanol–water partition coefficient (Wildman–Crippen LogP) is 8.23. The first kappa shape index (κ1) is 30.9. The molecule has 0 aliphatic carbocycles. The standard InChI is InChI=1S/C19H28ClNO.C6H5Cl.C6H8/c1-4-5-15-6-11-18(16-7-9-17(20)10-8-16)21-19(14(2)3)13-22-12-15;7-6-4-2-1-3-5-6;1-3-5-6-4-2/h4,7-10,14-15,18-19,21H,1,5-6,11-13H2,2-3H3;1-5H;3-6H,1-2H2/p+1/b;;6-5-/t15-,18-,19?;;/m0../s1. The van der Waals surface area contributed by atoms with Gasteiger partial charge in [-0.3, -0.25) is 0 Å². The second kappa shape index (κ2) is 19.1. The molecule has 0 saturated carbocycles. The van der Waals surface area contributed by atoms with Crippen LogP contribution < -0.4 is 5.32 Å². The quantitative estimate of drug-likeness (QED) is 0.304. The number of ether oxygens (including phenoxy) is 1. The monoisotopic (exact) mass is 514 g/mol. The maximum absolute atomic E-state index is 6.04. The van der Waals surface area contributed by atoms with Gasteiger partial charge >= 0.3 is 0 Å². The van der Waals surface area contributed by atoms with Gasteiger partial charge in [-0.05, 0) is 43.0 Å². The maximum Gasteiger partial charge on any atom is 0.112 e. The molecular formula is C31H42Cl2NO+. The Kier molecular flexibility index (Phi) is 16.9. The molecule has 1 saturated heterocycles. The molecule has 1 fully saturated rings. The molecule has 4 heteroatoms. The van der Waals surface area contributed by atoms with Crippen LogP contribution >= 0.6 is 23.2 Å². The number of rotatable bonds is 6. The highest BCUT2D eigenvalue weighted by molar-refractivity contribution is 6.30. The predicted molar refractivity (Wildman–Crippen MR) is 154 cm³/mol. The topological polar surface area (TPSA) is 25.8 Å². The third-order valence-corrected chi connectivity index (χ3v) is 6.30. The molecule has 0 spiro atoms. The summed E-state index contributed by atoms with van der Waals surface area (Å²) in [5.41, 5.74) is 1.37. The van der Waals surface area contributed by atoms with Crippen molar-refractivity contribution in [1.82, 2.24) is 0 Å². The zero-order valence-corrected chi connectivity index (χ0v) is 22.8. The van der Waals surface area contributed by atoms with E-state index in [4.69, 9.17) is 27.9 Å². The van der Waals surface area contributed by atoms with Gasteiger partial charge in [-0.25, -0.2) is 0 Å². The van der Waals surface area contributed by atoms with E-state index in [9.17, 15) is 0 Å². The molecule has 190 valence electrons. The van der Waals surface area contributed by atoms with E-state index in [1.54, 1.807) is 12.2 Å². The fourth-order valence-corrected chi connectivity index (χ4v) is 3.99. The summed E-state index contributed by atoms with van der Waals surface area (Å²) in [4.78, 5) is 0. The molecule has 2 aromatic carbocycles. The first-order valence-electron chi connectivity index (χ1n) is 12.3. The number of hydrogen-bond donors (Lipinski definition) is 1. The molecule has 0 bridgehead atoms. The van der Waals surface area contributed by atoms with Gasteiger partial charge in [-0.2, -0.15) is 0 Å². The van der Waals surface area contributed by atoms with Crippen molar-refractivity contribution < 1.29 is 10.1 Å². The van der Waals surface area contributed by atoms with Crippen LogP contribution in [0.2, 0.25) is 10.0 Å². The van der Waals surface area contributed by atoms with Crippen LogP contribution in [0.15, 0.2) is 105 Å². The van der Waals surface area contributed by atoms with Crippen LogP contribution in [0.4, 0.5) is 0 Å². The summed E-state index contributed by atoms with van der Waals surface area (Å²) in [6.07, 6.45) is 12.5. The van der Waals surface area contributed by atoms with Gasteiger partial charge in [-0.1, -0.05) is 111 Å². The zero-order chi connectivity index (χ0) is 25.9. The van der Waals surface area contributed by atoms with Gasteiger partial charge in [-0.15, -0.1) is 6.58 Å². The molecule has 3 rings (SSSR count). The molecule has 0 amide bonds. The van der Waals surface area contributed by atoms with Gasteiger partial charge in [0.25, 0.3) is 0 Å². The largest absolute Gasteiger partial charge is 0.375 e. The fourth-order valence-electron chi connectivity index (χ4n) is 3.72. The lowest BCUT2D eigenvalue weighted by Gasteiger charge is -2.24. The minimum atomic E-state index is 0.485. The number of benzene rings is 2. The van der Waals surface area contributed by atoms with Crippen molar-refractivity contribution >= 4 is 23.2 Å². The molecule has 1 unspecified atom stereocenters. The number of quaternary nitrogens is 1. The van der Waals surface area contributed by atoms with E-state index in [0.717, 1.165) is 29.7 Å². The van der Waals surface area contributed by atoms with Crippen molar-refractivity contribution in [3.8, 4) is 0 Å². The van der Waals surface area contributed by atoms with E-state index in [-0.39, 0.29) is 0 Å². The van der Waals surface area contributed by atoms with Crippen LogP contribution in [0.3, 0.4) is 0 Å². The molecule has 1 aliphatic rings. The Morgan fingerprint density at radius 2 is 1.49 bits per heavy atom. The highest BCUT2D eigenvalue weighted by Gasteiger charge is 2.27. The highest BCUT2D eigenvalue weighted by Crippen LogP contribution is 2.23. The van der Waals surface area contributed by atoms with Crippen molar-refractivity contribution in [2.45, 2.75) is 45.2 Å². The average Bonchev–Trinajstić information content (AvgIpc) is 2.96. The number of hydrogen-bond acceptors (Lipinski definition) is 1. The second-order valence-electron chi connectivity index (χ2n) is 8.92. The lowest BCUT2D eigenvalue weighted by molar-refractivity contribution is -0.735. The zero-order valence-electron chi connectivity index (χ0n) is 21.3. The summed E-state index contributed by atoms with van der Waals surface area (Å²) in [6, 6.07) is 18.8. The normalized spacial score (nSPS) is 20.2. The van der Waals surface area contributed by atoms with E-state index in [2.05, 4.69) is 51.0 Å². The second-order valence-corrected chi connectivity index (χ2v) is 9.79. The average molecular weight is 516 g/mol. The van der Waals surface area contributed by atoms with Gasteiger partial charge in [0.15, 0.2) is 0 Å². The Balaban J connectivity index is 0.000000384. The van der Waals surface area contributed by atoms with Gasteiger partial charge in [0.1, 0.15) is 12.1 Å². The molecule has 2 nitrogen and oxygen atoms in total. The first-order valence-corrected chi connectivity index (χ1v) is 13.1. The van der Waals surface area contributed by atoms with Gasteiger partial charge in [0.05, 0.1) is 6.61 Å². The summed E-state index contributed by atoms with van der Waals surface area (Å²) in [5.74, 6) is 1.19. The summed E-state index contributed by atoms with van der Waals surface area (Å²) >= 11 is 11.6. The van der Waals surface area contributed by atoms with Crippen LogP contribution in [-0.2, 0) is 4.74 Å². The van der Waals surface area contributed by atoms with Crippen molar-refractivity contribution in [2.75, 3.05) is 13.2 Å². The van der Waals surface area contributed by atoms with Crippen molar-refractivity contribution in [1.29, 1.82) is 0 Å². The summed E-state index contributed by atoms with van der Waals surface area (Å²) in [5, 5.41) is 4.10. The summed E-state index contributed by atoms with van der Waals surface area (Å²) in [6.45, 7) is 17.1. The number of allylic oxidation sites excluding steroid dienone is 5. The van der Waals surface area contributed by atoms with Crippen molar-refractivity contribution in [3.63, 3.8) is 0 Å². The molecule has 2 N–H and O–H groups in total. The molecule has 3 atom stereocenters. The van der Waals surface area contributed by atoms with Crippen molar-refractivity contribution in [3.05, 3.63) is 120 Å². The molecule has 0 aromatic heterocycles. The minimum Gasteiger partial charge on any atom is -0.375 e. The van der Waals surface area contributed by atoms with Crippen LogP contribution in [0.1, 0.15) is 44.7 Å². The minimum absolute atomic E-state index is 0.485. The smallest absolute Gasteiger partial charge is 0.112 e. The highest BCUT2D eigenvalue weighted by atomic mass is 35.5. The van der Waals surface area contributed by atoms with Gasteiger partial charge in [0, 0.05) is 34.6 Å². The fraction of sp³-hybridized carbons (Fsp3) is 0.355. The van der Waals surface area contributed by atoms with Crippen LogP contribution in [-0.4, -0.2) is 19.3 Å². The van der Waals surface area contributed by atoms with Gasteiger partial charge in [0.2, 0.25) is 0 Å². The van der Waals surface area contributed by atoms with E-state index >= 15 is 0 Å². The Hall–Kier alpha value is -2.10. The van der Waals surface area contributed by atoms with Crippen LogP contribution in [0.25, 0.3) is 0 Å². The maximum atomic E-state index is 6.04. The molecule has 1 heterocycles. The summed E-state index contributed by atoms with van der Waals surface area (Å²) < 4.78 is 6.00. The molecule has 0 radical (unpaired) electrons. The molecule has 35 heavy (non-hydrogen) atoms. The van der Waals surface area contributed by atoms with Gasteiger partial charge < -0.3 is 10.1 Å². The Morgan fingerprint density at radius 1 is 0.886 bits per heavy atom. The molecule has 2 aromatic rings. The molecule has 1 aliphatic heterocycles. The third-order valence-electron chi connectivity index (χ3n) is 5.80. The molecular weight excluding hydrogens is 473 g/mol. The SMILES string of the molecule is C=C/C=C\C=C.C=CC[C@H]1CC[C@@H](c2ccc(Cl)cc2)[NH2+]C(C(C)C)COC1.Clc1ccccc1. The lowest BCUT2D eigenvalue weighted by Crippen LogP contribution is -2.93. The first-order chi connectivity index (χ1) is 16.9. The van der Waals surface area contributed by atoms with Crippen LogP contribution in [0, 0.1) is 11.8 Å². The Morgan fingerprint density at radius 3 is 1.97 bits per heavy atom.